The number of aromatic nitrogens is 4. The van der Waals surface area contributed by atoms with Crippen LogP contribution in [0.4, 0.5) is 5.95 Å². The van der Waals surface area contributed by atoms with Crippen LogP contribution in [0, 0.1) is 0 Å². The van der Waals surface area contributed by atoms with E-state index in [1.807, 2.05) is 18.2 Å². The Hall–Kier alpha value is -2.81. The lowest BCUT2D eigenvalue weighted by molar-refractivity contribution is 0.321. The first-order valence-electron chi connectivity index (χ1n) is 8.12. The van der Waals surface area contributed by atoms with Gasteiger partial charge in [-0.15, -0.1) is 11.3 Å². The molecule has 0 saturated heterocycles. The Kier molecular flexibility index (Phi) is 4.37. The second-order valence-electron chi connectivity index (χ2n) is 5.87. The van der Waals surface area contributed by atoms with Crippen LogP contribution in [0.25, 0.3) is 0 Å². The van der Waals surface area contributed by atoms with Gasteiger partial charge in [-0.3, -0.25) is 0 Å². The molecular formula is C17H19N5O3S. The van der Waals surface area contributed by atoms with Crippen molar-refractivity contribution in [2.45, 2.75) is 18.5 Å². The van der Waals surface area contributed by atoms with Crippen molar-refractivity contribution in [3.8, 4) is 17.2 Å². The minimum atomic E-state index is -0.0537. The summed E-state index contributed by atoms with van der Waals surface area (Å²) in [6.07, 6.45) is 0.803. The molecule has 3 aromatic rings. The molecule has 26 heavy (non-hydrogen) atoms. The lowest BCUT2D eigenvalue weighted by atomic mass is 9.96. The molecule has 2 unspecified atom stereocenters. The molecule has 8 nitrogen and oxygen atoms in total. The minimum absolute atomic E-state index is 0.0537. The van der Waals surface area contributed by atoms with Crippen LogP contribution in [-0.4, -0.2) is 41.5 Å². The highest BCUT2D eigenvalue weighted by molar-refractivity contribution is 7.10. The fourth-order valence-corrected chi connectivity index (χ4v) is 4.08. The first-order chi connectivity index (χ1) is 12.7. The average molecular weight is 373 g/mol. The van der Waals surface area contributed by atoms with Crippen LogP contribution >= 0.6 is 11.3 Å². The Morgan fingerprint density at radius 2 is 1.92 bits per heavy atom. The van der Waals surface area contributed by atoms with Crippen molar-refractivity contribution in [1.82, 2.24) is 20.2 Å². The number of ether oxygens (including phenoxy) is 3. The van der Waals surface area contributed by atoms with Crippen molar-refractivity contribution in [2.75, 3.05) is 26.6 Å². The SMILES string of the molecule is COc1cc(C2CC(c3cccs3)Nc3nnnn32)cc(OC)c1OC. The molecule has 0 saturated carbocycles. The van der Waals surface area contributed by atoms with Crippen LogP contribution in [0.5, 0.6) is 17.2 Å². The van der Waals surface area contributed by atoms with Crippen LogP contribution in [0.15, 0.2) is 29.6 Å². The second-order valence-corrected chi connectivity index (χ2v) is 6.85. The van der Waals surface area contributed by atoms with Gasteiger partial charge in [0, 0.05) is 4.88 Å². The third-order valence-electron chi connectivity index (χ3n) is 4.51. The van der Waals surface area contributed by atoms with Gasteiger partial charge in [0.25, 0.3) is 0 Å². The molecule has 0 spiro atoms. The number of tetrazole rings is 1. The molecule has 1 aliphatic heterocycles. The summed E-state index contributed by atoms with van der Waals surface area (Å²) in [6, 6.07) is 8.16. The van der Waals surface area contributed by atoms with E-state index in [1.54, 1.807) is 37.3 Å². The lowest BCUT2D eigenvalue weighted by Gasteiger charge is -2.30. The molecule has 0 bridgehead atoms. The number of anilines is 1. The molecule has 0 radical (unpaired) electrons. The van der Waals surface area contributed by atoms with Gasteiger partial charge in [-0.25, -0.2) is 4.68 Å². The summed E-state index contributed by atoms with van der Waals surface area (Å²) in [5, 5.41) is 17.6. The summed E-state index contributed by atoms with van der Waals surface area (Å²) in [5.41, 5.74) is 0.996. The highest BCUT2D eigenvalue weighted by Crippen LogP contribution is 2.44. The van der Waals surface area contributed by atoms with Crippen LogP contribution in [0.2, 0.25) is 0 Å². The van der Waals surface area contributed by atoms with Gasteiger partial charge in [0.1, 0.15) is 0 Å². The molecule has 0 aliphatic carbocycles. The van der Waals surface area contributed by atoms with Crippen molar-refractivity contribution in [3.05, 3.63) is 40.1 Å². The molecule has 2 atom stereocenters. The zero-order valence-electron chi connectivity index (χ0n) is 14.7. The smallest absolute Gasteiger partial charge is 0.244 e. The number of methoxy groups -OCH3 is 3. The highest BCUT2D eigenvalue weighted by Gasteiger charge is 2.32. The Labute approximate surface area is 154 Å². The lowest BCUT2D eigenvalue weighted by Crippen LogP contribution is -2.27. The summed E-state index contributed by atoms with van der Waals surface area (Å²) in [5.74, 6) is 2.44. The molecule has 1 aromatic carbocycles. The Morgan fingerprint density at radius 1 is 1.15 bits per heavy atom. The predicted octanol–water partition coefficient (Wildman–Crippen LogP) is 2.91. The van der Waals surface area contributed by atoms with Crippen LogP contribution in [0.3, 0.4) is 0 Å². The van der Waals surface area contributed by atoms with Crippen LogP contribution in [-0.2, 0) is 0 Å². The summed E-state index contributed by atoms with van der Waals surface area (Å²) in [6.45, 7) is 0. The van der Waals surface area contributed by atoms with E-state index in [-0.39, 0.29) is 12.1 Å². The maximum absolute atomic E-state index is 5.50. The van der Waals surface area contributed by atoms with Gasteiger partial charge >= 0.3 is 0 Å². The topological polar surface area (TPSA) is 83.3 Å². The second kappa shape index (κ2) is 6.83. The maximum Gasteiger partial charge on any atom is 0.244 e. The van der Waals surface area contributed by atoms with E-state index < -0.39 is 0 Å². The Bertz CT molecular complexity index is 871. The molecule has 9 heteroatoms. The van der Waals surface area contributed by atoms with Crippen molar-refractivity contribution in [1.29, 1.82) is 0 Å². The maximum atomic E-state index is 5.50. The van der Waals surface area contributed by atoms with E-state index in [1.165, 1.54) is 4.88 Å². The number of nitrogens with zero attached hydrogens (tertiary/aromatic N) is 4. The zero-order chi connectivity index (χ0) is 18.1. The van der Waals surface area contributed by atoms with E-state index in [2.05, 4.69) is 32.3 Å². The predicted molar refractivity (Wildman–Crippen MR) is 97.4 cm³/mol. The fraction of sp³-hybridized carbons (Fsp3) is 0.353. The molecule has 4 rings (SSSR count). The molecule has 2 aromatic heterocycles. The van der Waals surface area contributed by atoms with Gasteiger partial charge in [-0.1, -0.05) is 11.2 Å². The van der Waals surface area contributed by atoms with E-state index in [0.29, 0.717) is 23.2 Å². The van der Waals surface area contributed by atoms with Crippen molar-refractivity contribution < 1.29 is 14.2 Å². The van der Waals surface area contributed by atoms with Gasteiger partial charge in [0.05, 0.1) is 33.4 Å². The first-order valence-corrected chi connectivity index (χ1v) is 9.00. The monoisotopic (exact) mass is 373 g/mol. The number of fused-ring (bicyclic) bond motifs is 1. The summed E-state index contributed by atoms with van der Waals surface area (Å²) < 4.78 is 18.2. The zero-order valence-corrected chi connectivity index (χ0v) is 15.5. The van der Waals surface area contributed by atoms with E-state index in [9.17, 15) is 0 Å². The normalized spacial score (nSPS) is 18.7. The number of benzene rings is 1. The number of hydrogen-bond acceptors (Lipinski definition) is 8. The number of rotatable bonds is 5. The van der Waals surface area contributed by atoms with E-state index in [4.69, 9.17) is 14.2 Å². The van der Waals surface area contributed by atoms with Gasteiger partial charge in [0.2, 0.25) is 11.7 Å². The van der Waals surface area contributed by atoms with Crippen molar-refractivity contribution in [2.24, 2.45) is 0 Å². The Balaban J connectivity index is 1.79. The summed E-state index contributed by atoms with van der Waals surface area (Å²) in [4.78, 5) is 1.25. The summed E-state index contributed by atoms with van der Waals surface area (Å²) in [7, 11) is 4.82. The molecule has 3 heterocycles. The number of hydrogen-bond donors (Lipinski definition) is 1. The minimum Gasteiger partial charge on any atom is -0.493 e. The van der Waals surface area contributed by atoms with Gasteiger partial charge < -0.3 is 19.5 Å². The van der Waals surface area contributed by atoms with E-state index in [0.717, 1.165) is 12.0 Å². The van der Waals surface area contributed by atoms with Crippen LogP contribution < -0.4 is 19.5 Å². The number of nitrogens with one attached hydrogen (secondary N) is 1. The van der Waals surface area contributed by atoms with Crippen molar-refractivity contribution in [3.63, 3.8) is 0 Å². The molecule has 1 aliphatic rings. The Morgan fingerprint density at radius 3 is 2.54 bits per heavy atom. The third kappa shape index (κ3) is 2.74. The van der Waals surface area contributed by atoms with Crippen molar-refractivity contribution >= 4 is 17.3 Å². The molecule has 1 N–H and O–H groups in total. The molecule has 0 amide bonds. The quantitative estimate of drug-likeness (QED) is 0.736. The molecule has 136 valence electrons. The fourth-order valence-electron chi connectivity index (χ4n) is 3.28. The van der Waals surface area contributed by atoms with Gasteiger partial charge in [0.15, 0.2) is 11.5 Å². The van der Waals surface area contributed by atoms with Gasteiger partial charge in [-0.2, -0.15) is 0 Å². The van der Waals surface area contributed by atoms with Gasteiger partial charge in [-0.05, 0) is 46.0 Å². The first kappa shape index (κ1) is 16.6. The largest absolute Gasteiger partial charge is 0.493 e. The number of thiophene rings is 1. The standard InChI is InChI=1S/C17H19N5O3S/c1-23-13-7-10(8-14(24-2)16(13)25-3)12-9-11(15-5-4-6-26-15)18-17-19-20-21-22(12)17/h4-8,11-12H,9H2,1-3H3,(H,18,19,21). The average Bonchev–Trinajstić information content (AvgIpc) is 3.37. The molecular weight excluding hydrogens is 354 g/mol. The third-order valence-corrected chi connectivity index (χ3v) is 5.49. The molecule has 0 fully saturated rings. The highest BCUT2D eigenvalue weighted by atomic mass is 32.1. The van der Waals surface area contributed by atoms with Crippen LogP contribution in [0.1, 0.15) is 28.9 Å². The summed E-state index contributed by atoms with van der Waals surface area (Å²) >= 11 is 1.72. The van der Waals surface area contributed by atoms with E-state index >= 15 is 0 Å².